The molecule has 2 nitrogen and oxygen atoms in total. The topological polar surface area (TPSA) is 24.9 Å². The molecule has 21 heavy (non-hydrogen) atoms. The van der Waals surface area contributed by atoms with Gasteiger partial charge in [-0.1, -0.05) is 27.2 Å². The van der Waals surface area contributed by atoms with Crippen LogP contribution in [0, 0.1) is 18.3 Å². The number of thiazole rings is 1. The van der Waals surface area contributed by atoms with E-state index in [1.54, 1.807) is 0 Å². The molecular weight excluding hydrogens is 276 g/mol. The summed E-state index contributed by atoms with van der Waals surface area (Å²) in [5.74, 6) is 0.873. The van der Waals surface area contributed by atoms with Gasteiger partial charge >= 0.3 is 0 Å². The molecule has 1 N–H and O–H groups in total. The molecule has 0 unspecified atom stereocenters. The Morgan fingerprint density at radius 2 is 1.95 bits per heavy atom. The minimum absolute atomic E-state index is 0.181. The van der Waals surface area contributed by atoms with Crippen LogP contribution in [0.2, 0.25) is 0 Å². The second-order valence-electron chi connectivity index (χ2n) is 7.91. The van der Waals surface area contributed by atoms with E-state index in [0.29, 0.717) is 5.41 Å². The monoisotopic (exact) mass is 306 g/mol. The molecule has 2 aliphatic carbocycles. The maximum atomic E-state index is 4.85. The van der Waals surface area contributed by atoms with E-state index in [-0.39, 0.29) is 5.54 Å². The summed E-state index contributed by atoms with van der Waals surface area (Å²) in [4.78, 5) is 4.85. The van der Waals surface area contributed by atoms with Crippen molar-refractivity contribution in [2.24, 2.45) is 11.3 Å². The third kappa shape index (κ3) is 3.19. The molecule has 1 aromatic rings. The molecule has 0 saturated heterocycles. The average Bonchev–Trinajstić information content (AvgIpc) is 3.17. The van der Waals surface area contributed by atoms with Crippen LogP contribution in [0.4, 0.5) is 0 Å². The van der Waals surface area contributed by atoms with E-state index in [0.717, 1.165) is 12.0 Å². The van der Waals surface area contributed by atoms with Gasteiger partial charge in [0.1, 0.15) is 5.01 Å². The summed E-state index contributed by atoms with van der Waals surface area (Å²) in [5.41, 5.74) is 1.85. The van der Waals surface area contributed by atoms with Gasteiger partial charge in [0.2, 0.25) is 0 Å². The Bertz CT molecular complexity index is 479. The lowest BCUT2D eigenvalue weighted by Crippen LogP contribution is -2.47. The van der Waals surface area contributed by atoms with E-state index < -0.39 is 0 Å². The van der Waals surface area contributed by atoms with Gasteiger partial charge in [0, 0.05) is 17.1 Å². The normalized spacial score (nSPS) is 30.6. The molecule has 0 aromatic carbocycles. The highest BCUT2D eigenvalue weighted by Crippen LogP contribution is 2.48. The molecule has 2 saturated carbocycles. The van der Waals surface area contributed by atoms with E-state index in [2.05, 4.69) is 38.4 Å². The molecule has 0 aliphatic heterocycles. The molecule has 0 atom stereocenters. The first-order chi connectivity index (χ1) is 9.95. The predicted octanol–water partition coefficient (Wildman–Crippen LogP) is 5.03. The van der Waals surface area contributed by atoms with Crippen LogP contribution >= 0.6 is 11.3 Å². The maximum Gasteiger partial charge on any atom is 0.113 e. The Kier molecular flexibility index (Phi) is 4.17. The third-order valence-corrected chi connectivity index (χ3v) is 7.11. The first-order valence-corrected chi connectivity index (χ1v) is 9.53. The lowest BCUT2D eigenvalue weighted by atomic mass is 9.65. The number of hydrogen-bond donors (Lipinski definition) is 1. The van der Waals surface area contributed by atoms with Crippen LogP contribution in [-0.4, -0.2) is 11.0 Å². The second kappa shape index (κ2) is 5.66. The molecule has 118 valence electrons. The van der Waals surface area contributed by atoms with Crippen LogP contribution in [-0.2, 0) is 5.54 Å². The summed E-state index contributed by atoms with van der Waals surface area (Å²) in [6.45, 7) is 9.37. The van der Waals surface area contributed by atoms with Gasteiger partial charge in [-0.05, 0) is 56.8 Å². The fourth-order valence-corrected chi connectivity index (χ4v) is 4.81. The van der Waals surface area contributed by atoms with E-state index in [1.807, 2.05) is 11.3 Å². The summed E-state index contributed by atoms with van der Waals surface area (Å²) in [5, 5.41) is 7.54. The fraction of sp³-hybridized carbons (Fsp3) is 0.833. The molecule has 3 rings (SSSR count). The van der Waals surface area contributed by atoms with Crippen LogP contribution < -0.4 is 5.32 Å². The lowest BCUT2D eigenvalue weighted by Gasteiger charge is -2.44. The predicted molar refractivity (Wildman–Crippen MR) is 90.7 cm³/mol. The number of aromatic nitrogens is 1. The highest BCUT2D eigenvalue weighted by atomic mass is 32.1. The largest absolute Gasteiger partial charge is 0.303 e. The smallest absolute Gasteiger partial charge is 0.113 e. The van der Waals surface area contributed by atoms with E-state index in [4.69, 9.17) is 4.98 Å². The van der Waals surface area contributed by atoms with Crippen molar-refractivity contribution in [1.82, 2.24) is 10.3 Å². The molecule has 0 spiro atoms. The van der Waals surface area contributed by atoms with Gasteiger partial charge in [-0.3, -0.25) is 0 Å². The van der Waals surface area contributed by atoms with Crippen molar-refractivity contribution < 1.29 is 0 Å². The molecule has 2 aliphatic rings. The first-order valence-electron chi connectivity index (χ1n) is 8.65. The van der Waals surface area contributed by atoms with Crippen LogP contribution in [0.5, 0.6) is 0 Å². The lowest BCUT2D eigenvalue weighted by molar-refractivity contribution is 0.0964. The highest BCUT2D eigenvalue weighted by molar-refractivity contribution is 7.09. The third-order valence-electron chi connectivity index (χ3n) is 5.94. The Labute approximate surface area is 133 Å². The zero-order chi connectivity index (χ0) is 15.1. The van der Waals surface area contributed by atoms with Crippen molar-refractivity contribution in [2.75, 3.05) is 0 Å². The quantitative estimate of drug-likeness (QED) is 0.825. The standard InChI is InChI=1S/C18H30N2S/c1-5-17(3,4)14-8-10-18(11-9-14,20-15-6-7-15)16-19-13(2)12-21-16/h12,14-15,20H,5-11H2,1-4H3. The molecule has 2 fully saturated rings. The van der Waals surface area contributed by atoms with Crippen LogP contribution in [0.15, 0.2) is 5.38 Å². The van der Waals surface area contributed by atoms with Crippen molar-refractivity contribution in [2.45, 2.75) is 84.2 Å². The first kappa shape index (κ1) is 15.5. The zero-order valence-electron chi connectivity index (χ0n) is 14.0. The number of nitrogens with one attached hydrogen (secondary N) is 1. The van der Waals surface area contributed by atoms with Gasteiger partial charge in [0.15, 0.2) is 0 Å². The van der Waals surface area contributed by atoms with E-state index >= 15 is 0 Å². The Hall–Kier alpha value is -0.410. The molecule has 1 aromatic heterocycles. The molecule has 1 heterocycles. The number of aryl methyl sites for hydroxylation is 1. The Balaban J connectivity index is 1.77. The summed E-state index contributed by atoms with van der Waals surface area (Å²) in [6, 6.07) is 0.755. The molecule has 0 bridgehead atoms. The fourth-order valence-electron chi connectivity index (χ4n) is 3.79. The van der Waals surface area contributed by atoms with E-state index in [9.17, 15) is 0 Å². The summed E-state index contributed by atoms with van der Waals surface area (Å²) >= 11 is 1.87. The maximum absolute atomic E-state index is 4.85. The SMILES string of the molecule is CCC(C)(C)C1CCC(NC2CC2)(c2nc(C)cs2)CC1. The average molecular weight is 307 g/mol. The molecule has 0 amide bonds. The summed E-state index contributed by atoms with van der Waals surface area (Å²) in [7, 11) is 0. The second-order valence-corrected chi connectivity index (χ2v) is 8.77. The van der Waals surface area contributed by atoms with Crippen molar-refractivity contribution in [3.05, 3.63) is 16.1 Å². The Morgan fingerprint density at radius 1 is 1.29 bits per heavy atom. The minimum atomic E-state index is 0.181. The summed E-state index contributed by atoms with van der Waals surface area (Å²) in [6.07, 6.45) is 9.23. The van der Waals surface area contributed by atoms with Crippen molar-refractivity contribution >= 4 is 11.3 Å². The number of hydrogen-bond acceptors (Lipinski definition) is 3. The number of rotatable bonds is 5. The minimum Gasteiger partial charge on any atom is -0.303 e. The molecular formula is C18H30N2S. The van der Waals surface area contributed by atoms with Crippen molar-refractivity contribution in [3.63, 3.8) is 0 Å². The molecule has 3 heteroatoms. The molecule has 0 radical (unpaired) electrons. The van der Waals surface area contributed by atoms with Gasteiger partial charge in [-0.25, -0.2) is 4.98 Å². The van der Waals surface area contributed by atoms with Gasteiger partial charge in [0.05, 0.1) is 5.54 Å². The Morgan fingerprint density at radius 3 is 2.43 bits per heavy atom. The van der Waals surface area contributed by atoms with Gasteiger partial charge < -0.3 is 5.32 Å². The number of nitrogens with zero attached hydrogens (tertiary/aromatic N) is 1. The van der Waals surface area contributed by atoms with Crippen molar-refractivity contribution in [3.8, 4) is 0 Å². The van der Waals surface area contributed by atoms with Crippen molar-refractivity contribution in [1.29, 1.82) is 0 Å². The zero-order valence-corrected chi connectivity index (χ0v) is 14.9. The van der Waals surface area contributed by atoms with Crippen LogP contribution in [0.25, 0.3) is 0 Å². The highest BCUT2D eigenvalue weighted by Gasteiger charge is 2.44. The van der Waals surface area contributed by atoms with E-state index in [1.165, 1.54) is 55.6 Å². The van der Waals surface area contributed by atoms with Gasteiger partial charge in [-0.2, -0.15) is 0 Å². The van der Waals surface area contributed by atoms with Crippen LogP contribution in [0.3, 0.4) is 0 Å². The summed E-state index contributed by atoms with van der Waals surface area (Å²) < 4.78 is 0. The van der Waals surface area contributed by atoms with Crippen LogP contribution in [0.1, 0.15) is 76.4 Å². The van der Waals surface area contributed by atoms with Gasteiger partial charge in [-0.15, -0.1) is 11.3 Å². The van der Waals surface area contributed by atoms with Gasteiger partial charge in [0.25, 0.3) is 0 Å².